The van der Waals surface area contributed by atoms with Crippen molar-refractivity contribution in [3.63, 3.8) is 0 Å². The number of hydrogen-bond donors (Lipinski definition) is 3. The molecule has 2 aliphatic heterocycles. The number of carbonyl (C=O) groups excluding carboxylic acids is 2. The van der Waals surface area contributed by atoms with Gasteiger partial charge in [-0.25, -0.2) is 0 Å². The number of hydrogen-bond acceptors (Lipinski definition) is 4. The summed E-state index contributed by atoms with van der Waals surface area (Å²) in [7, 11) is 0. The first-order valence-electron chi connectivity index (χ1n) is 11.7. The van der Waals surface area contributed by atoms with Gasteiger partial charge >= 0.3 is 5.97 Å². The number of amides is 2. The average Bonchev–Trinajstić information content (AvgIpc) is 3.11. The number of rotatable bonds is 9. The zero-order valence-electron chi connectivity index (χ0n) is 18.8. The van der Waals surface area contributed by atoms with Crippen LogP contribution < -0.4 is 10.6 Å². The molecule has 0 aromatic heterocycles. The van der Waals surface area contributed by atoms with E-state index in [2.05, 4.69) is 22.8 Å². The Morgan fingerprint density at radius 1 is 1.12 bits per heavy atom. The van der Waals surface area contributed by atoms with Crippen molar-refractivity contribution in [2.24, 2.45) is 5.92 Å². The minimum absolute atomic E-state index is 0.121. The molecule has 0 spiro atoms. The summed E-state index contributed by atoms with van der Waals surface area (Å²) in [5, 5.41) is 15.5. The van der Waals surface area contributed by atoms with Gasteiger partial charge in [-0.05, 0) is 61.1 Å². The van der Waals surface area contributed by atoms with Crippen molar-refractivity contribution in [2.75, 3.05) is 19.6 Å². The molecule has 0 radical (unpaired) electrons. The molecule has 2 aromatic rings. The van der Waals surface area contributed by atoms with Crippen LogP contribution in [0.2, 0.25) is 0 Å². The summed E-state index contributed by atoms with van der Waals surface area (Å²) in [6.07, 6.45) is 2.87. The van der Waals surface area contributed by atoms with E-state index in [1.54, 1.807) is 4.90 Å². The lowest BCUT2D eigenvalue weighted by Gasteiger charge is -2.25. The van der Waals surface area contributed by atoms with Crippen molar-refractivity contribution < 1.29 is 19.5 Å². The molecule has 4 rings (SSSR count). The second kappa shape index (κ2) is 10.6. The van der Waals surface area contributed by atoms with E-state index in [9.17, 15) is 19.5 Å². The topological polar surface area (TPSA) is 98.7 Å². The molecule has 0 bridgehead atoms. The highest BCUT2D eigenvalue weighted by molar-refractivity contribution is 5.94. The van der Waals surface area contributed by atoms with Gasteiger partial charge < -0.3 is 20.6 Å². The van der Waals surface area contributed by atoms with Crippen LogP contribution in [-0.4, -0.2) is 53.5 Å². The quantitative estimate of drug-likeness (QED) is 0.546. The number of nitrogens with zero attached hydrogens (tertiary/aromatic N) is 1. The first-order chi connectivity index (χ1) is 16.0. The third-order valence-electron chi connectivity index (χ3n) is 6.61. The fourth-order valence-electron chi connectivity index (χ4n) is 4.87. The monoisotopic (exact) mass is 449 g/mol. The fourth-order valence-corrected chi connectivity index (χ4v) is 4.87. The Morgan fingerprint density at radius 3 is 2.73 bits per heavy atom. The molecule has 2 aliphatic rings. The summed E-state index contributed by atoms with van der Waals surface area (Å²) >= 11 is 0. The maximum Gasteiger partial charge on any atom is 0.304 e. The molecule has 2 heterocycles. The van der Waals surface area contributed by atoms with Crippen LogP contribution in [0.15, 0.2) is 48.5 Å². The predicted octanol–water partition coefficient (Wildman–Crippen LogP) is 2.39. The largest absolute Gasteiger partial charge is 0.481 e. The molecule has 174 valence electrons. The number of nitrogens with one attached hydrogen (secondary N) is 2. The lowest BCUT2D eigenvalue weighted by Crippen LogP contribution is -2.42. The number of carboxylic acid groups (broad SMARTS) is 1. The Hall–Kier alpha value is -3.19. The maximum absolute atomic E-state index is 12.9. The van der Waals surface area contributed by atoms with Gasteiger partial charge in [-0.1, -0.05) is 36.4 Å². The Bertz CT molecular complexity index is 1010. The van der Waals surface area contributed by atoms with Crippen LogP contribution in [0, 0.1) is 5.92 Å². The summed E-state index contributed by atoms with van der Waals surface area (Å²) < 4.78 is 0. The van der Waals surface area contributed by atoms with Gasteiger partial charge in [-0.3, -0.25) is 14.4 Å². The van der Waals surface area contributed by atoms with E-state index in [1.165, 1.54) is 11.1 Å². The summed E-state index contributed by atoms with van der Waals surface area (Å²) in [5.74, 6) is -1.79. The SMILES string of the molecule is O=C(O)C[C@@H]1C[C@@H](CNC(=O)c2ccc3c(c2)CNCC3)N(CCCc2ccccc2)C1=O. The van der Waals surface area contributed by atoms with Crippen LogP contribution in [0.1, 0.15) is 46.3 Å². The van der Waals surface area contributed by atoms with Crippen molar-refractivity contribution in [3.05, 3.63) is 70.8 Å². The maximum atomic E-state index is 12.9. The van der Waals surface area contributed by atoms with Crippen LogP contribution in [0.4, 0.5) is 0 Å². The normalized spacial score (nSPS) is 19.9. The molecule has 3 N–H and O–H groups in total. The molecule has 1 fully saturated rings. The Balaban J connectivity index is 1.38. The second-order valence-electron chi connectivity index (χ2n) is 8.93. The smallest absolute Gasteiger partial charge is 0.304 e. The molecule has 2 amide bonds. The van der Waals surface area contributed by atoms with Crippen molar-refractivity contribution >= 4 is 17.8 Å². The van der Waals surface area contributed by atoms with Crippen LogP contribution >= 0.6 is 0 Å². The Kier molecular flexibility index (Phi) is 7.40. The van der Waals surface area contributed by atoms with Crippen molar-refractivity contribution in [3.8, 4) is 0 Å². The molecule has 33 heavy (non-hydrogen) atoms. The third kappa shape index (κ3) is 5.79. The third-order valence-corrected chi connectivity index (χ3v) is 6.61. The minimum Gasteiger partial charge on any atom is -0.481 e. The van der Waals surface area contributed by atoms with E-state index in [1.807, 2.05) is 36.4 Å². The van der Waals surface area contributed by atoms with Gasteiger partial charge in [0, 0.05) is 31.2 Å². The molecule has 0 unspecified atom stereocenters. The van der Waals surface area contributed by atoms with Gasteiger partial charge in [-0.15, -0.1) is 0 Å². The van der Waals surface area contributed by atoms with Gasteiger partial charge in [0.25, 0.3) is 5.91 Å². The van der Waals surface area contributed by atoms with Gasteiger partial charge in [0.05, 0.1) is 12.3 Å². The van der Waals surface area contributed by atoms with E-state index < -0.39 is 11.9 Å². The van der Waals surface area contributed by atoms with Crippen LogP contribution in [0.25, 0.3) is 0 Å². The Morgan fingerprint density at radius 2 is 1.94 bits per heavy atom. The molecule has 1 saturated heterocycles. The van der Waals surface area contributed by atoms with Gasteiger partial charge in [-0.2, -0.15) is 0 Å². The van der Waals surface area contributed by atoms with E-state index in [0.29, 0.717) is 25.1 Å². The standard InChI is InChI=1S/C26H31N3O4/c30-24(31)15-21-14-23(29(26(21)33)12-4-7-18-5-2-1-3-6-18)17-28-25(32)20-9-8-19-10-11-27-16-22(19)13-20/h1-3,5-6,8-9,13,21,23,27H,4,7,10-12,14-17H2,(H,28,32)(H,30,31)/t21-,23-/m0/s1. The molecular weight excluding hydrogens is 418 g/mol. The predicted molar refractivity (Wildman–Crippen MR) is 125 cm³/mol. The molecular formula is C26H31N3O4. The number of likely N-dealkylation sites (tertiary alicyclic amines) is 1. The van der Waals surface area contributed by atoms with E-state index >= 15 is 0 Å². The molecule has 2 atom stereocenters. The number of carbonyl (C=O) groups is 3. The first kappa shape index (κ1) is 23.0. The van der Waals surface area contributed by atoms with Gasteiger partial charge in [0.15, 0.2) is 0 Å². The van der Waals surface area contributed by atoms with Crippen molar-refractivity contribution in [2.45, 2.75) is 44.7 Å². The second-order valence-corrected chi connectivity index (χ2v) is 8.93. The zero-order chi connectivity index (χ0) is 23.2. The van der Waals surface area contributed by atoms with Gasteiger partial charge in [0.1, 0.15) is 0 Å². The fraction of sp³-hybridized carbons (Fsp3) is 0.423. The summed E-state index contributed by atoms with van der Waals surface area (Å²) in [6, 6.07) is 15.7. The molecule has 2 aromatic carbocycles. The lowest BCUT2D eigenvalue weighted by atomic mass is 9.98. The van der Waals surface area contributed by atoms with E-state index in [4.69, 9.17) is 0 Å². The van der Waals surface area contributed by atoms with Crippen LogP contribution in [0.3, 0.4) is 0 Å². The zero-order valence-corrected chi connectivity index (χ0v) is 18.8. The summed E-state index contributed by atoms with van der Waals surface area (Å²) in [6.45, 7) is 2.59. The van der Waals surface area contributed by atoms with E-state index in [0.717, 1.165) is 37.9 Å². The van der Waals surface area contributed by atoms with E-state index in [-0.39, 0.29) is 24.3 Å². The highest BCUT2D eigenvalue weighted by atomic mass is 16.4. The number of benzene rings is 2. The Labute approximate surface area is 194 Å². The summed E-state index contributed by atoms with van der Waals surface area (Å²) in [5.41, 5.74) is 4.24. The average molecular weight is 450 g/mol. The molecule has 7 heteroatoms. The summed E-state index contributed by atoms with van der Waals surface area (Å²) in [4.78, 5) is 38.7. The molecule has 7 nitrogen and oxygen atoms in total. The number of fused-ring (bicyclic) bond motifs is 1. The number of aliphatic carboxylic acids is 1. The lowest BCUT2D eigenvalue weighted by molar-refractivity contribution is -0.142. The van der Waals surface area contributed by atoms with Crippen molar-refractivity contribution in [1.29, 1.82) is 0 Å². The number of carboxylic acids is 1. The highest BCUT2D eigenvalue weighted by Crippen LogP contribution is 2.28. The molecule has 0 aliphatic carbocycles. The van der Waals surface area contributed by atoms with Crippen LogP contribution in [-0.2, 0) is 29.0 Å². The highest BCUT2D eigenvalue weighted by Gasteiger charge is 2.40. The van der Waals surface area contributed by atoms with Crippen LogP contribution in [0.5, 0.6) is 0 Å². The first-order valence-corrected chi connectivity index (χ1v) is 11.7. The minimum atomic E-state index is -0.968. The number of aryl methyl sites for hydroxylation is 1. The molecule has 0 saturated carbocycles. The van der Waals surface area contributed by atoms with Crippen molar-refractivity contribution in [1.82, 2.24) is 15.5 Å². The van der Waals surface area contributed by atoms with Gasteiger partial charge in [0.2, 0.25) is 5.91 Å².